The molecule has 2 heteroatoms. The summed E-state index contributed by atoms with van der Waals surface area (Å²) in [5.41, 5.74) is 0. The zero-order valence-corrected chi connectivity index (χ0v) is 11.4. The molecule has 20 heavy (non-hydrogen) atoms. The quantitative estimate of drug-likeness (QED) is 0.491. The summed E-state index contributed by atoms with van der Waals surface area (Å²) in [5.74, 6) is 1.82. The Morgan fingerprint density at radius 1 is 0.550 bits per heavy atom. The zero-order valence-electron chi connectivity index (χ0n) is 11.4. The minimum absolute atomic E-state index is 0.912. The fourth-order valence-electron chi connectivity index (χ4n) is 3.10. The number of hydrogen-bond acceptors (Lipinski definition) is 2. The van der Waals surface area contributed by atoms with Crippen molar-refractivity contribution in [1.82, 2.24) is 0 Å². The maximum atomic E-state index is 5.50. The number of ether oxygens (including phenoxy) is 2. The fourth-order valence-corrected chi connectivity index (χ4v) is 3.10. The topological polar surface area (TPSA) is 18.5 Å². The first-order valence-electron chi connectivity index (χ1n) is 6.62. The minimum atomic E-state index is 0.912. The number of rotatable bonds is 2. The molecule has 0 aromatic heterocycles. The lowest BCUT2D eigenvalue weighted by Gasteiger charge is -2.14. The third-order valence-electron chi connectivity index (χ3n) is 4.02. The van der Waals surface area contributed by atoms with E-state index < -0.39 is 0 Å². The summed E-state index contributed by atoms with van der Waals surface area (Å²) in [5, 5.41) is 7.25. The van der Waals surface area contributed by atoms with E-state index in [2.05, 4.69) is 36.4 Å². The molecule has 0 amide bonds. The van der Waals surface area contributed by atoms with Crippen LogP contribution in [0.5, 0.6) is 11.5 Å². The molecule has 0 saturated carbocycles. The summed E-state index contributed by atoms with van der Waals surface area (Å²) in [6.45, 7) is 0. The predicted molar refractivity (Wildman–Crippen MR) is 83.3 cm³/mol. The van der Waals surface area contributed by atoms with E-state index in [4.69, 9.17) is 9.47 Å². The number of methoxy groups -OCH3 is 2. The largest absolute Gasteiger partial charge is 0.496 e. The van der Waals surface area contributed by atoms with Crippen LogP contribution < -0.4 is 9.47 Å². The Kier molecular flexibility index (Phi) is 2.27. The Morgan fingerprint density at radius 2 is 0.950 bits per heavy atom. The average molecular weight is 262 g/mol. The van der Waals surface area contributed by atoms with Gasteiger partial charge in [-0.3, -0.25) is 0 Å². The molecule has 0 bridgehead atoms. The summed E-state index contributed by atoms with van der Waals surface area (Å²) >= 11 is 0. The van der Waals surface area contributed by atoms with E-state index in [9.17, 15) is 0 Å². The van der Waals surface area contributed by atoms with Crippen molar-refractivity contribution in [2.24, 2.45) is 0 Å². The minimum Gasteiger partial charge on any atom is -0.496 e. The Morgan fingerprint density at radius 3 is 1.35 bits per heavy atom. The van der Waals surface area contributed by atoms with Gasteiger partial charge in [0.05, 0.1) is 14.2 Å². The molecule has 0 radical (unpaired) electrons. The van der Waals surface area contributed by atoms with Crippen molar-refractivity contribution in [3.63, 3.8) is 0 Å². The Labute approximate surface area is 116 Å². The molecule has 0 fully saturated rings. The molecule has 4 aromatic carbocycles. The van der Waals surface area contributed by atoms with Gasteiger partial charge in [0.15, 0.2) is 0 Å². The molecular weight excluding hydrogens is 248 g/mol. The molecule has 0 N–H and O–H groups in total. The molecule has 2 nitrogen and oxygen atoms in total. The highest BCUT2D eigenvalue weighted by Crippen LogP contribution is 2.41. The highest BCUT2D eigenvalue weighted by molar-refractivity contribution is 6.25. The highest BCUT2D eigenvalue weighted by atomic mass is 16.5. The van der Waals surface area contributed by atoms with Gasteiger partial charge in [-0.2, -0.15) is 0 Å². The molecule has 0 unspecified atom stereocenters. The van der Waals surface area contributed by atoms with Crippen molar-refractivity contribution in [2.75, 3.05) is 14.2 Å². The monoisotopic (exact) mass is 262 g/mol. The second-order valence-corrected chi connectivity index (χ2v) is 4.96. The van der Waals surface area contributed by atoms with E-state index in [1.165, 1.54) is 21.5 Å². The van der Waals surface area contributed by atoms with Gasteiger partial charge in [-0.1, -0.05) is 24.3 Å². The van der Waals surface area contributed by atoms with Gasteiger partial charge in [0, 0.05) is 21.5 Å². The molecule has 4 aromatic rings. The van der Waals surface area contributed by atoms with Crippen LogP contribution in [-0.4, -0.2) is 14.2 Å². The van der Waals surface area contributed by atoms with E-state index in [0.717, 1.165) is 22.3 Å². The van der Waals surface area contributed by atoms with Gasteiger partial charge >= 0.3 is 0 Å². The van der Waals surface area contributed by atoms with Gasteiger partial charge < -0.3 is 9.47 Å². The second-order valence-electron chi connectivity index (χ2n) is 4.96. The van der Waals surface area contributed by atoms with E-state index >= 15 is 0 Å². The van der Waals surface area contributed by atoms with Crippen LogP contribution in [0.3, 0.4) is 0 Å². The van der Waals surface area contributed by atoms with Crippen LogP contribution >= 0.6 is 0 Å². The standard InChI is InChI=1S/C18H14O2/c1-19-15-9-5-11-4-8-14-16(20-2)10-6-12-3-7-13(15)17(11)18(12)14/h3-10H,1-2H3. The lowest BCUT2D eigenvalue weighted by Crippen LogP contribution is -1.90. The van der Waals surface area contributed by atoms with Crippen LogP contribution in [0, 0.1) is 0 Å². The van der Waals surface area contributed by atoms with Crippen molar-refractivity contribution >= 4 is 32.3 Å². The summed E-state index contributed by atoms with van der Waals surface area (Å²) in [6, 6.07) is 16.8. The maximum Gasteiger partial charge on any atom is 0.126 e. The third-order valence-corrected chi connectivity index (χ3v) is 4.02. The molecule has 0 atom stereocenters. The van der Waals surface area contributed by atoms with Crippen LogP contribution in [0.15, 0.2) is 48.5 Å². The Balaban J connectivity index is 2.33. The van der Waals surface area contributed by atoms with E-state index in [0.29, 0.717) is 0 Å². The van der Waals surface area contributed by atoms with Gasteiger partial charge in [-0.15, -0.1) is 0 Å². The van der Waals surface area contributed by atoms with Gasteiger partial charge in [-0.25, -0.2) is 0 Å². The van der Waals surface area contributed by atoms with Gasteiger partial charge in [-0.05, 0) is 35.0 Å². The van der Waals surface area contributed by atoms with Crippen molar-refractivity contribution < 1.29 is 9.47 Å². The normalized spacial score (nSPS) is 11.5. The summed E-state index contributed by atoms with van der Waals surface area (Å²) in [6.07, 6.45) is 0. The van der Waals surface area contributed by atoms with E-state index in [1.807, 2.05) is 12.1 Å². The lowest BCUT2D eigenvalue weighted by molar-refractivity contribution is 0.419. The summed E-state index contributed by atoms with van der Waals surface area (Å²) in [4.78, 5) is 0. The van der Waals surface area contributed by atoms with Gasteiger partial charge in [0.2, 0.25) is 0 Å². The molecular formula is C18H14O2. The second kappa shape index (κ2) is 4.01. The average Bonchev–Trinajstić information content (AvgIpc) is 2.52. The van der Waals surface area contributed by atoms with Crippen LogP contribution in [0.25, 0.3) is 32.3 Å². The summed E-state index contributed by atoms with van der Waals surface area (Å²) < 4.78 is 11.0. The van der Waals surface area contributed by atoms with Crippen LogP contribution in [0.2, 0.25) is 0 Å². The Bertz CT molecular complexity index is 847. The smallest absolute Gasteiger partial charge is 0.126 e. The van der Waals surface area contributed by atoms with Crippen LogP contribution in [0.1, 0.15) is 0 Å². The molecule has 98 valence electrons. The van der Waals surface area contributed by atoms with Crippen molar-refractivity contribution in [2.45, 2.75) is 0 Å². The molecule has 0 aliphatic carbocycles. The van der Waals surface area contributed by atoms with E-state index in [-0.39, 0.29) is 0 Å². The Hall–Kier alpha value is -2.48. The van der Waals surface area contributed by atoms with Gasteiger partial charge in [0.1, 0.15) is 11.5 Å². The highest BCUT2D eigenvalue weighted by Gasteiger charge is 2.13. The molecule has 0 aliphatic heterocycles. The van der Waals surface area contributed by atoms with Crippen molar-refractivity contribution in [3.8, 4) is 11.5 Å². The summed E-state index contributed by atoms with van der Waals surface area (Å²) in [7, 11) is 3.43. The molecule has 0 aliphatic rings. The first kappa shape index (κ1) is 11.4. The van der Waals surface area contributed by atoms with Crippen molar-refractivity contribution in [1.29, 1.82) is 0 Å². The maximum absolute atomic E-state index is 5.50. The van der Waals surface area contributed by atoms with Crippen LogP contribution in [0.4, 0.5) is 0 Å². The fraction of sp³-hybridized carbons (Fsp3) is 0.111. The number of benzene rings is 4. The lowest BCUT2D eigenvalue weighted by atomic mass is 9.93. The predicted octanol–water partition coefficient (Wildman–Crippen LogP) is 4.60. The van der Waals surface area contributed by atoms with Crippen molar-refractivity contribution in [3.05, 3.63) is 48.5 Å². The number of hydrogen-bond donors (Lipinski definition) is 0. The van der Waals surface area contributed by atoms with Gasteiger partial charge in [0.25, 0.3) is 0 Å². The molecule has 0 heterocycles. The van der Waals surface area contributed by atoms with E-state index in [1.54, 1.807) is 14.2 Å². The SMILES string of the molecule is COc1ccc2ccc3c(OC)ccc4ccc1c2c43. The molecule has 0 saturated heterocycles. The molecule has 0 spiro atoms. The first-order chi connectivity index (χ1) is 9.83. The van der Waals surface area contributed by atoms with Crippen LogP contribution in [-0.2, 0) is 0 Å². The first-order valence-corrected chi connectivity index (χ1v) is 6.62. The molecule has 4 rings (SSSR count). The zero-order chi connectivity index (χ0) is 13.7. The third kappa shape index (κ3) is 1.33.